The van der Waals surface area contributed by atoms with Gasteiger partial charge in [-0.05, 0) is 29.8 Å². The van der Waals surface area contributed by atoms with Crippen molar-refractivity contribution in [2.45, 2.75) is 6.42 Å². The minimum Gasteiger partial charge on any atom is -0.306 e. The predicted molar refractivity (Wildman–Crippen MR) is 93.0 cm³/mol. The van der Waals surface area contributed by atoms with Crippen LogP contribution in [0.4, 0.5) is 0 Å². The van der Waals surface area contributed by atoms with Crippen molar-refractivity contribution in [1.82, 2.24) is 14.5 Å². The van der Waals surface area contributed by atoms with Gasteiger partial charge in [0.1, 0.15) is 5.69 Å². The number of rotatable bonds is 3. The lowest BCUT2D eigenvalue weighted by Gasteiger charge is -2.17. The molecular weight excluding hydrogens is 338 g/mol. The van der Waals surface area contributed by atoms with Crippen molar-refractivity contribution in [3.05, 3.63) is 88.7 Å². The SMILES string of the molecule is O=C1C(Cc2ccc(-n3ccnc3)cc2)=C(Cl)C(=O)c2ncccc21. The molecule has 0 unspecified atom stereocenters. The van der Waals surface area contributed by atoms with E-state index < -0.39 is 5.78 Å². The molecule has 25 heavy (non-hydrogen) atoms. The van der Waals surface area contributed by atoms with Crippen molar-refractivity contribution in [1.29, 1.82) is 0 Å². The molecule has 0 radical (unpaired) electrons. The number of nitrogens with zero attached hydrogens (tertiary/aromatic N) is 3. The van der Waals surface area contributed by atoms with Gasteiger partial charge in [0.2, 0.25) is 5.78 Å². The molecule has 2 heterocycles. The summed E-state index contributed by atoms with van der Waals surface area (Å²) in [5.41, 5.74) is 2.59. The third kappa shape index (κ3) is 2.68. The number of fused-ring (bicyclic) bond motifs is 1. The van der Waals surface area contributed by atoms with Gasteiger partial charge < -0.3 is 4.57 Å². The standard InChI is InChI=1S/C19H12ClN3O2/c20-16-15(18(24)14-2-1-7-22-17(14)19(16)25)10-12-3-5-13(6-4-12)23-9-8-21-11-23/h1-9,11H,10H2. The number of halogens is 1. The van der Waals surface area contributed by atoms with Crippen molar-refractivity contribution < 1.29 is 9.59 Å². The highest BCUT2D eigenvalue weighted by molar-refractivity contribution is 6.49. The van der Waals surface area contributed by atoms with E-state index in [4.69, 9.17) is 11.6 Å². The van der Waals surface area contributed by atoms with Crippen LogP contribution in [0.3, 0.4) is 0 Å². The lowest BCUT2D eigenvalue weighted by molar-refractivity contribution is 0.0975. The molecule has 5 nitrogen and oxygen atoms in total. The first-order valence-corrected chi connectivity index (χ1v) is 8.03. The Hall–Kier alpha value is -3.05. The highest BCUT2D eigenvalue weighted by Gasteiger charge is 2.32. The van der Waals surface area contributed by atoms with E-state index in [9.17, 15) is 9.59 Å². The van der Waals surface area contributed by atoms with Crippen LogP contribution in [0, 0.1) is 0 Å². The number of carbonyl (C=O) groups is 2. The van der Waals surface area contributed by atoms with E-state index in [0.29, 0.717) is 17.6 Å². The van der Waals surface area contributed by atoms with Gasteiger partial charge in [-0.3, -0.25) is 14.6 Å². The molecule has 0 aliphatic heterocycles. The number of benzene rings is 1. The average Bonchev–Trinajstić information content (AvgIpc) is 3.19. The fourth-order valence-corrected chi connectivity index (χ4v) is 3.07. The molecule has 1 aromatic carbocycles. The van der Waals surface area contributed by atoms with Crippen molar-refractivity contribution in [3.8, 4) is 5.69 Å². The average molecular weight is 350 g/mol. The number of hydrogen-bond acceptors (Lipinski definition) is 4. The van der Waals surface area contributed by atoms with Crippen molar-refractivity contribution in [2.24, 2.45) is 0 Å². The van der Waals surface area contributed by atoms with Crippen LogP contribution in [0.2, 0.25) is 0 Å². The third-order valence-electron chi connectivity index (χ3n) is 4.13. The Morgan fingerprint density at radius 2 is 1.80 bits per heavy atom. The Morgan fingerprint density at radius 1 is 1.00 bits per heavy atom. The molecule has 122 valence electrons. The molecule has 0 bridgehead atoms. The zero-order chi connectivity index (χ0) is 17.4. The first kappa shape index (κ1) is 15.5. The van der Waals surface area contributed by atoms with Crippen LogP contribution >= 0.6 is 11.6 Å². The van der Waals surface area contributed by atoms with E-state index in [2.05, 4.69) is 9.97 Å². The van der Waals surface area contributed by atoms with Crippen LogP contribution in [0.15, 0.2) is 71.9 Å². The number of hydrogen-bond donors (Lipinski definition) is 0. The minimum atomic E-state index is -0.401. The summed E-state index contributed by atoms with van der Waals surface area (Å²) in [5.74, 6) is -0.645. The highest BCUT2D eigenvalue weighted by Crippen LogP contribution is 2.29. The second kappa shape index (κ2) is 6.11. The molecule has 3 aromatic rings. The Morgan fingerprint density at radius 3 is 2.52 bits per heavy atom. The summed E-state index contributed by atoms with van der Waals surface area (Å²) in [6.07, 6.45) is 7.04. The summed E-state index contributed by atoms with van der Waals surface area (Å²) in [7, 11) is 0. The summed E-state index contributed by atoms with van der Waals surface area (Å²) in [6.45, 7) is 0. The number of aromatic nitrogens is 3. The largest absolute Gasteiger partial charge is 0.306 e. The Balaban J connectivity index is 1.65. The van der Waals surface area contributed by atoms with E-state index in [1.807, 2.05) is 35.0 Å². The second-order valence-corrected chi connectivity index (χ2v) is 6.04. The fourth-order valence-electron chi connectivity index (χ4n) is 2.83. The smallest absolute Gasteiger partial charge is 0.223 e. The van der Waals surface area contributed by atoms with Gasteiger partial charge in [-0.15, -0.1) is 0 Å². The first-order chi connectivity index (χ1) is 12.1. The maximum Gasteiger partial charge on any atom is 0.223 e. The van der Waals surface area contributed by atoms with Crippen LogP contribution in [-0.4, -0.2) is 26.1 Å². The molecule has 0 N–H and O–H groups in total. The monoisotopic (exact) mass is 349 g/mol. The summed E-state index contributed by atoms with van der Waals surface area (Å²) in [4.78, 5) is 33.0. The van der Waals surface area contributed by atoms with Gasteiger partial charge in [0.25, 0.3) is 0 Å². The van der Waals surface area contributed by atoms with Gasteiger partial charge >= 0.3 is 0 Å². The molecule has 2 aromatic heterocycles. The number of imidazole rings is 1. The van der Waals surface area contributed by atoms with Crippen LogP contribution in [-0.2, 0) is 6.42 Å². The topological polar surface area (TPSA) is 64.8 Å². The van der Waals surface area contributed by atoms with E-state index in [1.165, 1.54) is 6.20 Å². The van der Waals surface area contributed by atoms with E-state index in [1.54, 1.807) is 24.7 Å². The molecule has 4 rings (SSSR count). The number of allylic oxidation sites excluding steroid dienone is 2. The molecule has 0 fully saturated rings. The van der Waals surface area contributed by atoms with Gasteiger partial charge in [0, 0.05) is 36.3 Å². The molecule has 0 saturated carbocycles. The van der Waals surface area contributed by atoms with E-state index in [-0.39, 0.29) is 16.5 Å². The summed E-state index contributed by atoms with van der Waals surface area (Å²) >= 11 is 6.18. The molecule has 1 aliphatic carbocycles. The number of ketones is 2. The molecule has 1 aliphatic rings. The van der Waals surface area contributed by atoms with Crippen molar-refractivity contribution >= 4 is 23.2 Å². The quantitative estimate of drug-likeness (QED) is 0.727. The highest BCUT2D eigenvalue weighted by atomic mass is 35.5. The fraction of sp³-hybridized carbons (Fsp3) is 0.0526. The summed E-state index contributed by atoms with van der Waals surface area (Å²) in [5, 5.41) is -0.0464. The van der Waals surface area contributed by atoms with Crippen molar-refractivity contribution in [2.75, 3.05) is 0 Å². The van der Waals surface area contributed by atoms with Crippen molar-refractivity contribution in [3.63, 3.8) is 0 Å². The normalized spacial score (nSPS) is 14.0. The van der Waals surface area contributed by atoms with E-state index in [0.717, 1.165) is 11.3 Å². The number of carbonyl (C=O) groups excluding carboxylic acids is 2. The number of Topliss-reactive ketones (excluding diaryl/α,β-unsaturated/α-hetero) is 2. The maximum atomic E-state index is 12.7. The number of pyridine rings is 1. The zero-order valence-electron chi connectivity index (χ0n) is 13.0. The van der Waals surface area contributed by atoms with Gasteiger partial charge in [0.15, 0.2) is 5.78 Å². The van der Waals surface area contributed by atoms with Crippen LogP contribution < -0.4 is 0 Å². The van der Waals surface area contributed by atoms with Crippen LogP contribution in [0.25, 0.3) is 5.69 Å². The Bertz CT molecular complexity index is 1010. The van der Waals surface area contributed by atoms with Gasteiger partial charge in [-0.2, -0.15) is 0 Å². The van der Waals surface area contributed by atoms with E-state index >= 15 is 0 Å². The zero-order valence-corrected chi connectivity index (χ0v) is 13.8. The summed E-state index contributed by atoms with van der Waals surface area (Å²) in [6, 6.07) is 10.9. The molecule has 0 atom stereocenters. The van der Waals surface area contributed by atoms with Gasteiger partial charge in [0.05, 0.1) is 16.9 Å². The molecule has 6 heteroatoms. The predicted octanol–water partition coefficient (Wildman–Crippen LogP) is 3.38. The maximum absolute atomic E-state index is 12.7. The van der Waals surface area contributed by atoms with Crippen LogP contribution in [0.1, 0.15) is 26.4 Å². The van der Waals surface area contributed by atoms with Crippen LogP contribution in [0.5, 0.6) is 0 Å². The molecular formula is C19H12ClN3O2. The van der Waals surface area contributed by atoms with Gasteiger partial charge in [-0.25, -0.2) is 4.98 Å². The minimum absolute atomic E-state index is 0.0464. The summed E-state index contributed by atoms with van der Waals surface area (Å²) < 4.78 is 1.88. The second-order valence-electron chi connectivity index (χ2n) is 5.66. The third-order valence-corrected chi connectivity index (χ3v) is 4.53. The lowest BCUT2D eigenvalue weighted by Crippen LogP contribution is -2.22. The first-order valence-electron chi connectivity index (χ1n) is 7.65. The Labute approximate surface area is 148 Å². The van der Waals surface area contributed by atoms with Gasteiger partial charge in [-0.1, -0.05) is 23.7 Å². The Kier molecular flexibility index (Phi) is 3.78. The molecule has 0 spiro atoms. The molecule has 0 amide bonds. The molecule has 0 saturated heterocycles. The lowest BCUT2D eigenvalue weighted by atomic mass is 9.89.